The molecule has 6 heteroatoms. The molecule has 0 saturated heterocycles. The van der Waals surface area contributed by atoms with Crippen molar-refractivity contribution in [2.45, 2.75) is 20.8 Å². The lowest BCUT2D eigenvalue weighted by molar-refractivity contribution is -0.255. The molecule has 0 spiro atoms. The number of benzene rings is 1. The smallest absolute Gasteiger partial charge is 0.0754 e. The van der Waals surface area contributed by atoms with Crippen LogP contribution in [0.15, 0.2) is 29.4 Å². The molecule has 1 heterocycles. The maximum absolute atomic E-state index is 10.9. The van der Waals surface area contributed by atoms with Crippen LogP contribution in [0, 0.1) is 13.8 Å². The standard InChI is InChI=1S/C15H15ClN2O2S/c1-8-6-12(10(3)21-8)9(2)17-18-14-7-11(15(19)20)4-5-13(14)16/h4-7,18H,1-3H3,(H,19,20)/p-1/b17-9-. The molecule has 21 heavy (non-hydrogen) atoms. The molecule has 4 nitrogen and oxygen atoms in total. The summed E-state index contributed by atoms with van der Waals surface area (Å²) in [6.07, 6.45) is 0. The Morgan fingerprint density at radius 3 is 2.62 bits per heavy atom. The molecule has 0 aliphatic heterocycles. The summed E-state index contributed by atoms with van der Waals surface area (Å²) in [6, 6.07) is 6.37. The van der Waals surface area contributed by atoms with Crippen LogP contribution in [-0.4, -0.2) is 11.7 Å². The maximum Gasteiger partial charge on any atom is 0.0754 e. The number of anilines is 1. The van der Waals surface area contributed by atoms with Crippen LogP contribution in [0.5, 0.6) is 0 Å². The second kappa shape index (κ2) is 6.28. The average Bonchev–Trinajstić information content (AvgIpc) is 2.76. The van der Waals surface area contributed by atoms with Gasteiger partial charge in [-0.05, 0) is 44.5 Å². The predicted octanol–water partition coefficient (Wildman–Crippen LogP) is 3.22. The molecule has 1 aromatic heterocycles. The number of aryl methyl sites for hydroxylation is 2. The van der Waals surface area contributed by atoms with Crippen molar-refractivity contribution < 1.29 is 9.90 Å². The van der Waals surface area contributed by atoms with E-state index < -0.39 is 5.97 Å². The van der Waals surface area contributed by atoms with Gasteiger partial charge < -0.3 is 9.90 Å². The summed E-state index contributed by atoms with van der Waals surface area (Å²) in [5.41, 5.74) is 5.18. The van der Waals surface area contributed by atoms with Gasteiger partial charge in [0.25, 0.3) is 0 Å². The second-order valence-corrected chi connectivity index (χ2v) is 6.49. The van der Waals surface area contributed by atoms with Gasteiger partial charge >= 0.3 is 0 Å². The summed E-state index contributed by atoms with van der Waals surface area (Å²) in [4.78, 5) is 13.3. The van der Waals surface area contributed by atoms with Gasteiger partial charge in [0, 0.05) is 15.3 Å². The number of carboxylic acid groups (broad SMARTS) is 1. The number of carboxylic acids is 1. The van der Waals surface area contributed by atoms with Crippen molar-refractivity contribution in [3.05, 3.63) is 50.2 Å². The van der Waals surface area contributed by atoms with Gasteiger partial charge in [0.2, 0.25) is 0 Å². The largest absolute Gasteiger partial charge is 0.545 e. The summed E-state index contributed by atoms with van der Waals surface area (Å²) in [5, 5.41) is 15.5. The van der Waals surface area contributed by atoms with Gasteiger partial charge in [0.05, 0.1) is 22.4 Å². The van der Waals surface area contributed by atoms with Gasteiger partial charge in [-0.1, -0.05) is 17.7 Å². The zero-order chi connectivity index (χ0) is 15.6. The number of rotatable bonds is 4. The van der Waals surface area contributed by atoms with Crippen molar-refractivity contribution in [3.8, 4) is 0 Å². The number of aromatic carboxylic acids is 1. The molecule has 0 amide bonds. The number of carbonyl (C=O) groups is 1. The van der Waals surface area contributed by atoms with Crippen molar-refractivity contribution in [2.75, 3.05) is 5.43 Å². The molecular formula is C15H14ClN2O2S-. The van der Waals surface area contributed by atoms with Crippen LogP contribution in [0.2, 0.25) is 5.02 Å². The molecule has 1 aromatic carbocycles. The normalized spacial score (nSPS) is 11.5. The highest BCUT2D eigenvalue weighted by Gasteiger charge is 2.07. The van der Waals surface area contributed by atoms with E-state index in [-0.39, 0.29) is 5.56 Å². The number of hydrogen-bond donors (Lipinski definition) is 1. The molecule has 0 fully saturated rings. The molecule has 0 aliphatic rings. The maximum atomic E-state index is 10.9. The van der Waals surface area contributed by atoms with E-state index in [1.165, 1.54) is 28.0 Å². The Morgan fingerprint density at radius 1 is 1.33 bits per heavy atom. The van der Waals surface area contributed by atoms with E-state index in [4.69, 9.17) is 11.6 Å². The van der Waals surface area contributed by atoms with Crippen molar-refractivity contribution >= 4 is 40.3 Å². The van der Waals surface area contributed by atoms with Gasteiger partial charge in [-0.25, -0.2) is 0 Å². The van der Waals surface area contributed by atoms with Crippen LogP contribution >= 0.6 is 22.9 Å². The zero-order valence-corrected chi connectivity index (χ0v) is 13.4. The molecule has 0 aliphatic carbocycles. The predicted molar refractivity (Wildman–Crippen MR) is 85.4 cm³/mol. The Kier molecular flexibility index (Phi) is 4.65. The molecular weight excluding hydrogens is 308 g/mol. The Hall–Kier alpha value is -1.85. The lowest BCUT2D eigenvalue weighted by atomic mass is 10.2. The van der Waals surface area contributed by atoms with Crippen LogP contribution in [0.4, 0.5) is 5.69 Å². The molecule has 1 N–H and O–H groups in total. The number of halogens is 1. The fraction of sp³-hybridized carbons (Fsp3) is 0.200. The first-order chi connectivity index (χ1) is 9.88. The average molecular weight is 322 g/mol. The number of hydrazone groups is 1. The first-order valence-electron chi connectivity index (χ1n) is 6.27. The number of carbonyl (C=O) groups excluding carboxylic acids is 1. The molecule has 2 rings (SSSR count). The van der Waals surface area contributed by atoms with Crippen molar-refractivity contribution in [3.63, 3.8) is 0 Å². The van der Waals surface area contributed by atoms with Crippen LogP contribution in [-0.2, 0) is 0 Å². The number of thiophene rings is 1. The summed E-state index contributed by atoms with van der Waals surface area (Å²) in [6.45, 7) is 5.97. The Morgan fingerprint density at radius 2 is 2.05 bits per heavy atom. The SMILES string of the molecule is C/C(=N/Nc1cc(C(=O)[O-])ccc1Cl)c1cc(C)sc1C. The van der Waals surface area contributed by atoms with Crippen molar-refractivity contribution in [1.82, 2.24) is 0 Å². The molecule has 0 atom stereocenters. The molecule has 0 unspecified atom stereocenters. The van der Waals surface area contributed by atoms with E-state index in [9.17, 15) is 9.90 Å². The zero-order valence-electron chi connectivity index (χ0n) is 11.9. The third-order valence-corrected chi connectivity index (χ3v) is 4.27. The van der Waals surface area contributed by atoms with E-state index in [0.717, 1.165) is 11.3 Å². The van der Waals surface area contributed by atoms with E-state index in [1.54, 1.807) is 11.3 Å². The van der Waals surface area contributed by atoms with Gasteiger partial charge in [-0.15, -0.1) is 11.3 Å². The fourth-order valence-corrected chi connectivity index (χ4v) is 3.07. The summed E-state index contributed by atoms with van der Waals surface area (Å²) in [5.74, 6) is -1.25. The Labute approximate surface area is 132 Å². The highest BCUT2D eigenvalue weighted by Crippen LogP contribution is 2.24. The van der Waals surface area contributed by atoms with E-state index in [1.807, 2.05) is 20.8 Å². The minimum absolute atomic E-state index is 0.0531. The first-order valence-corrected chi connectivity index (χ1v) is 7.46. The third kappa shape index (κ3) is 3.62. The van der Waals surface area contributed by atoms with Gasteiger partial charge in [0.1, 0.15) is 0 Å². The van der Waals surface area contributed by atoms with Gasteiger partial charge in [-0.2, -0.15) is 5.10 Å². The lowest BCUT2D eigenvalue weighted by Crippen LogP contribution is -2.22. The van der Waals surface area contributed by atoms with E-state index in [2.05, 4.69) is 16.6 Å². The number of hydrogen-bond acceptors (Lipinski definition) is 5. The van der Waals surface area contributed by atoms with Crippen molar-refractivity contribution in [1.29, 1.82) is 0 Å². The van der Waals surface area contributed by atoms with E-state index in [0.29, 0.717) is 10.7 Å². The number of nitrogens with one attached hydrogen (secondary N) is 1. The van der Waals surface area contributed by atoms with Gasteiger partial charge in [0.15, 0.2) is 0 Å². The first kappa shape index (κ1) is 15.5. The summed E-state index contributed by atoms with van der Waals surface area (Å²) < 4.78 is 0. The van der Waals surface area contributed by atoms with Crippen LogP contribution in [0.1, 0.15) is 32.6 Å². The molecule has 2 aromatic rings. The third-order valence-electron chi connectivity index (χ3n) is 2.98. The van der Waals surface area contributed by atoms with E-state index >= 15 is 0 Å². The van der Waals surface area contributed by atoms with Gasteiger partial charge in [-0.3, -0.25) is 5.43 Å². The molecule has 0 bridgehead atoms. The van der Waals surface area contributed by atoms with Crippen LogP contribution in [0.3, 0.4) is 0 Å². The summed E-state index contributed by atoms with van der Waals surface area (Å²) >= 11 is 7.73. The Balaban J connectivity index is 2.26. The van der Waals surface area contributed by atoms with Crippen LogP contribution < -0.4 is 10.5 Å². The quantitative estimate of drug-likeness (QED) is 0.694. The minimum atomic E-state index is -1.25. The number of nitrogens with zero attached hydrogens (tertiary/aromatic N) is 1. The molecule has 110 valence electrons. The summed E-state index contributed by atoms with van der Waals surface area (Å²) in [7, 11) is 0. The van der Waals surface area contributed by atoms with Crippen LogP contribution in [0.25, 0.3) is 0 Å². The highest BCUT2D eigenvalue weighted by atomic mass is 35.5. The fourth-order valence-electron chi connectivity index (χ4n) is 1.93. The Bertz CT molecular complexity index is 722. The minimum Gasteiger partial charge on any atom is -0.545 e. The topological polar surface area (TPSA) is 64.5 Å². The van der Waals surface area contributed by atoms with Crippen molar-refractivity contribution in [2.24, 2.45) is 5.10 Å². The highest BCUT2D eigenvalue weighted by molar-refractivity contribution is 7.12. The molecule has 0 saturated carbocycles. The lowest BCUT2D eigenvalue weighted by Gasteiger charge is -2.08. The second-order valence-electron chi connectivity index (χ2n) is 4.62. The molecule has 0 radical (unpaired) electrons. The monoisotopic (exact) mass is 321 g/mol.